The first-order valence-electron chi connectivity index (χ1n) is 2.28. The molecular weight excluding hydrogens is 147 g/mol. The van der Waals surface area contributed by atoms with Crippen LogP contribution >= 0.6 is 7.82 Å². The molecule has 6 heteroatoms. The molecule has 0 rings (SSSR count). The van der Waals surface area contributed by atoms with E-state index in [1.165, 1.54) is 6.92 Å². The lowest BCUT2D eigenvalue weighted by molar-refractivity contribution is 0.0591. The quantitative estimate of drug-likeness (QED) is 0.557. The van der Waals surface area contributed by atoms with Crippen LogP contribution in [0.5, 0.6) is 0 Å². The monoisotopic (exact) mass is 155 g/mol. The van der Waals surface area contributed by atoms with E-state index < -0.39 is 20.5 Å². The van der Waals surface area contributed by atoms with Crippen LogP contribution in [0.3, 0.4) is 0 Å². The van der Waals surface area contributed by atoms with Gasteiger partial charge in [-0.05, 0) is 6.92 Å². The van der Waals surface area contributed by atoms with Crippen molar-refractivity contribution in [1.82, 2.24) is 0 Å². The molecule has 0 spiro atoms. The van der Waals surface area contributed by atoms with Crippen LogP contribution in [-0.4, -0.2) is 22.5 Å². The van der Waals surface area contributed by atoms with Crippen molar-refractivity contribution in [2.24, 2.45) is 0 Å². The van der Waals surface area contributed by atoms with Gasteiger partial charge in [0.2, 0.25) is 0 Å². The summed E-state index contributed by atoms with van der Waals surface area (Å²) in [4.78, 5) is 16.1. The number of phosphoric acid groups is 1. The molecule has 9 heavy (non-hydrogen) atoms. The van der Waals surface area contributed by atoms with Crippen LogP contribution in [0.1, 0.15) is 6.92 Å². The third-order valence-corrected chi connectivity index (χ3v) is 1.19. The van der Waals surface area contributed by atoms with Crippen LogP contribution in [0, 0.1) is 0 Å². The Morgan fingerprint density at radius 2 is 2.11 bits per heavy atom. The van der Waals surface area contributed by atoms with Crippen LogP contribution in [0.4, 0.5) is 0 Å². The predicted octanol–water partition coefficient (Wildman–Crippen LogP) is -0.0853. The molecule has 5 nitrogen and oxygen atoms in total. The molecule has 55 valence electrons. The minimum Gasteiger partial charge on any atom is -0.303 e. The van der Waals surface area contributed by atoms with Crippen molar-refractivity contribution < 1.29 is 24.0 Å². The molecule has 0 saturated heterocycles. The topological polar surface area (TPSA) is 86.7 Å². The predicted molar refractivity (Wildman–Crippen MR) is 28.1 cm³/mol. The summed E-state index contributed by atoms with van der Waals surface area (Å²) < 4.78 is 13.9. The summed E-state index contributed by atoms with van der Waals surface area (Å²) in [5.74, 6) is 0. The van der Waals surface area contributed by atoms with E-state index in [4.69, 9.17) is 9.79 Å². The molecule has 1 atom stereocenters. The Hall–Kier alpha value is 0.0700. The molecule has 0 amide bonds. The molecule has 2 N–H and O–H groups in total. The average Bonchev–Trinajstić information content (AvgIpc) is 1.62. The zero-order valence-corrected chi connectivity index (χ0v) is 5.75. The first kappa shape index (κ1) is 9.07. The highest BCUT2D eigenvalue weighted by molar-refractivity contribution is 7.46. The van der Waals surface area contributed by atoms with Crippen molar-refractivity contribution in [3.63, 3.8) is 0 Å². The Morgan fingerprint density at radius 3 is 2.22 bits per heavy atom. The summed E-state index contributed by atoms with van der Waals surface area (Å²) in [7, 11) is -4.44. The first-order chi connectivity index (χ1) is 3.95. The fourth-order valence-corrected chi connectivity index (χ4v) is 0.795. The number of phosphoric ester groups is 1. The van der Waals surface area contributed by atoms with Gasteiger partial charge in [-0.3, -0.25) is 4.52 Å². The molecule has 0 bridgehead atoms. The molecule has 0 aromatic heterocycles. The van der Waals surface area contributed by atoms with Gasteiger partial charge in [0.25, 0.3) is 0 Å². The third-order valence-electron chi connectivity index (χ3n) is 0.552. The summed E-state index contributed by atoms with van der Waals surface area (Å²) in [5.41, 5.74) is 0. The summed E-state index contributed by atoms with van der Waals surface area (Å²) in [6.07, 6.45) is -0.925. The maximum atomic E-state index is 9.93. The van der Waals surface area contributed by atoms with Crippen molar-refractivity contribution in [1.29, 1.82) is 0 Å². The molecule has 0 heterocycles. The van der Waals surface area contributed by atoms with E-state index in [0.717, 1.165) is 0 Å². The molecule has 0 aliphatic rings. The second-order valence-corrected chi connectivity index (χ2v) is 2.77. The van der Waals surface area contributed by atoms with Crippen molar-refractivity contribution in [2.75, 3.05) is 6.61 Å². The minimum atomic E-state index is -4.44. The minimum absolute atomic E-state index is 0.648. The van der Waals surface area contributed by atoms with E-state index in [2.05, 4.69) is 4.52 Å². The first-order valence-corrected chi connectivity index (χ1v) is 3.81. The van der Waals surface area contributed by atoms with Gasteiger partial charge in [-0.25, -0.2) is 9.67 Å². The van der Waals surface area contributed by atoms with Crippen molar-refractivity contribution in [3.8, 4) is 0 Å². The van der Waals surface area contributed by atoms with E-state index in [1.807, 2.05) is 0 Å². The van der Waals surface area contributed by atoms with E-state index in [0.29, 0.717) is 0 Å². The molecule has 0 aliphatic carbocycles. The molecule has 0 fully saturated rings. The van der Waals surface area contributed by atoms with E-state index in [1.54, 1.807) is 0 Å². The third kappa shape index (κ3) is 5.95. The lowest BCUT2D eigenvalue weighted by Crippen LogP contribution is -2.09. The molecule has 0 aromatic rings. The molecule has 1 radical (unpaired) electrons. The molecule has 0 unspecified atom stereocenters. The summed E-state index contributed by atoms with van der Waals surface area (Å²) in [5, 5.41) is 9.84. The molecule has 0 aliphatic heterocycles. The van der Waals surface area contributed by atoms with Crippen LogP contribution in [0.2, 0.25) is 0 Å². The van der Waals surface area contributed by atoms with Gasteiger partial charge in [0, 0.05) is 0 Å². The van der Waals surface area contributed by atoms with Gasteiger partial charge in [-0.15, -0.1) is 0 Å². The van der Waals surface area contributed by atoms with E-state index in [9.17, 15) is 9.67 Å². The van der Waals surface area contributed by atoms with Crippen molar-refractivity contribution in [2.45, 2.75) is 13.0 Å². The standard InChI is InChI=1S/C3H8O5P/c1-3(2-4)8-9(5,6)7/h3H,2H2,1H3,(H2,5,6,7)/t3-/m0/s1. The van der Waals surface area contributed by atoms with Gasteiger partial charge in [-0.2, -0.15) is 0 Å². The largest absolute Gasteiger partial charge is 0.469 e. The smallest absolute Gasteiger partial charge is 0.303 e. The lowest BCUT2D eigenvalue weighted by atomic mass is 10.5. The van der Waals surface area contributed by atoms with Crippen LogP contribution < -0.4 is 0 Å². The van der Waals surface area contributed by atoms with Gasteiger partial charge in [0.05, 0.1) is 6.10 Å². The maximum Gasteiger partial charge on any atom is 0.469 e. The molecular formula is C3H8O5P. The van der Waals surface area contributed by atoms with Gasteiger partial charge in [0.1, 0.15) is 6.61 Å². The summed E-state index contributed by atoms with van der Waals surface area (Å²) in [6.45, 7) is 0.650. The van der Waals surface area contributed by atoms with Gasteiger partial charge < -0.3 is 9.79 Å². The van der Waals surface area contributed by atoms with Crippen molar-refractivity contribution in [3.05, 3.63) is 0 Å². The molecule has 0 aromatic carbocycles. The zero-order chi connectivity index (χ0) is 7.49. The van der Waals surface area contributed by atoms with Crippen molar-refractivity contribution >= 4 is 7.82 Å². The Balaban J connectivity index is 3.60. The van der Waals surface area contributed by atoms with Crippen LogP contribution in [0.15, 0.2) is 0 Å². The Labute approximate surface area is 52.5 Å². The fourth-order valence-electron chi connectivity index (χ4n) is 0.265. The number of rotatable bonds is 3. The zero-order valence-electron chi connectivity index (χ0n) is 4.85. The second kappa shape index (κ2) is 3.29. The Morgan fingerprint density at radius 1 is 1.67 bits per heavy atom. The Kier molecular flexibility index (Phi) is 3.32. The van der Waals surface area contributed by atoms with Crippen LogP contribution in [0.25, 0.3) is 0 Å². The molecule has 0 saturated carbocycles. The van der Waals surface area contributed by atoms with Gasteiger partial charge >= 0.3 is 7.82 Å². The highest BCUT2D eigenvalue weighted by Crippen LogP contribution is 2.37. The highest BCUT2D eigenvalue weighted by Gasteiger charge is 2.17. The van der Waals surface area contributed by atoms with Gasteiger partial charge in [-0.1, -0.05) is 0 Å². The Bertz CT molecular complexity index is 117. The summed E-state index contributed by atoms with van der Waals surface area (Å²) >= 11 is 0. The second-order valence-electron chi connectivity index (χ2n) is 1.57. The van der Waals surface area contributed by atoms with E-state index in [-0.39, 0.29) is 0 Å². The number of hydrogen-bond donors (Lipinski definition) is 2. The highest BCUT2D eigenvalue weighted by atomic mass is 31.2. The van der Waals surface area contributed by atoms with Crippen LogP contribution in [-0.2, 0) is 14.2 Å². The average molecular weight is 155 g/mol. The lowest BCUT2D eigenvalue weighted by Gasteiger charge is -2.08. The fraction of sp³-hybridized carbons (Fsp3) is 1.00. The summed E-state index contributed by atoms with van der Waals surface area (Å²) in [6, 6.07) is 0. The SMILES string of the molecule is C[C@@H](C[O])OP(=O)(O)O. The van der Waals surface area contributed by atoms with Gasteiger partial charge in [0.15, 0.2) is 0 Å². The number of hydrogen-bond acceptors (Lipinski definition) is 2. The maximum absolute atomic E-state index is 9.93. The normalized spacial score (nSPS) is 15.6. The van der Waals surface area contributed by atoms with E-state index >= 15 is 0 Å².